The first-order chi connectivity index (χ1) is 6.54. The van der Waals surface area contributed by atoms with E-state index in [0.717, 1.165) is 6.42 Å². The van der Waals surface area contributed by atoms with Crippen LogP contribution < -0.4 is 11.2 Å². The molecule has 0 aromatic carbocycles. The van der Waals surface area contributed by atoms with Crippen molar-refractivity contribution in [3.05, 3.63) is 32.1 Å². The van der Waals surface area contributed by atoms with Gasteiger partial charge in [0.25, 0.3) is 5.56 Å². The van der Waals surface area contributed by atoms with Crippen molar-refractivity contribution in [3.8, 4) is 0 Å². The van der Waals surface area contributed by atoms with Gasteiger partial charge in [0.2, 0.25) is 0 Å². The van der Waals surface area contributed by atoms with Gasteiger partial charge in [0.15, 0.2) is 0 Å². The quantitative estimate of drug-likeness (QED) is 0.827. The zero-order valence-corrected chi connectivity index (χ0v) is 8.97. The number of aromatic nitrogens is 2. The zero-order valence-electron chi connectivity index (χ0n) is 8.21. The number of rotatable bonds is 3. The van der Waals surface area contributed by atoms with E-state index >= 15 is 0 Å². The number of H-pyrrole nitrogens is 1. The first-order valence-electron chi connectivity index (χ1n) is 4.53. The molecule has 4 nitrogen and oxygen atoms in total. The summed E-state index contributed by atoms with van der Waals surface area (Å²) in [6.07, 6.45) is 2.36. The van der Waals surface area contributed by atoms with E-state index in [1.165, 1.54) is 10.8 Å². The van der Waals surface area contributed by atoms with E-state index in [4.69, 9.17) is 11.6 Å². The average molecular weight is 217 g/mol. The summed E-state index contributed by atoms with van der Waals surface area (Å²) in [5.74, 6) is 0.384. The Morgan fingerprint density at radius 3 is 2.79 bits per heavy atom. The summed E-state index contributed by atoms with van der Waals surface area (Å²) >= 11 is 5.61. The van der Waals surface area contributed by atoms with Gasteiger partial charge < -0.3 is 0 Å². The van der Waals surface area contributed by atoms with Crippen LogP contribution in [0, 0.1) is 5.92 Å². The van der Waals surface area contributed by atoms with Crippen molar-refractivity contribution in [1.82, 2.24) is 9.55 Å². The highest BCUT2D eigenvalue weighted by Gasteiger charge is 2.05. The second-order valence-electron chi connectivity index (χ2n) is 3.40. The summed E-state index contributed by atoms with van der Waals surface area (Å²) in [5.41, 5.74) is -0.934. The summed E-state index contributed by atoms with van der Waals surface area (Å²) in [6.45, 7) is 4.65. The molecule has 0 amide bonds. The van der Waals surface area contributed by atoms with Crippen LogP contribution in [0.5, 0.6) is 0 Å². The van der Waals surface area contributed by atoms with Crippen molar-refractivity contribution >= 4 is 11.6 Å². The Morgan fingerprint density at radius 2 is 2.21 bits per heavy atom. The van der Waals surface area contributed by atoms with Crippen LogP contribution in [0.25, 0.3) is 0 Å². The summed E-state index contributed by atoms with van der Waals surface area (Å²) < 4.78 is 1.43. The third-order valence-electron chi connectivity index (χ3n) is 2.17. The minimum Gasteiger partial charge on any atom is -0.299 e. The van der Waals surface area contributed by atoms with E-state index < -0.39 is 11.2 Å². The van der Waals surface area contributed by atoms with Crippen LogP contribution in [0.1, 0.15) is 20.3 Å². The fraction of sp³-hybridized carbons (Fsp3) is 0.556. The Bertz CT molecular complexity index is 422. The molecule has 0 bridgehead atoms. The smallest absolute Gasteiger partial charge is 0.299 e. The lowest BCUT2D eigenvalue weighted by molar-refractivity contribution is 0.454. The highest BCUT2D eigenvalue weighted by molar-refractivity contribution is 6.30. The minimum absolute atomic E-state index is 0.0490. The first-order valence-corrected chi connectivity index (χ1v) is 4.91. The SMILES string of the molecule is CCC(C)Cn1cc(Cl)c(=O)[nH]c1=O. The fourth-order valence-electron chi connectivity index (χ4n) is 1.08. The summed E-state index contributed by atoms with van der Waals surface area (Å²) in [4.78, 5) is 24.4. The van der Waals surface area contributed by atoms with Gasteiger partial charge in [0, 0.05) is 12.7 Å². The van der Waals surface area contributed by atoms with Gasteiger partial charge in [-0.25, -0.2) is 4.79 Å². The summed E-state index contributed by atoms with van der Waals surface area (Å²) in [6, 6.07) is 0. The third-order valence-corrected chi connectivity index (χ3v) is 2.44. The lowest BCUT2D eigenvalue weighted by Crippen LogP contribution is -2.31. The molecule has 1 aromatic rings. The number of aromatic amines is 1. The van der Waals surface area contributed by atoms with Crippen LogP contribution in [0.3, 0.4) is 0 Å². The highest BCUT2D eigenvalue weighted by Crippen LogP contribution is 2.04. The van der Waals surface area contributed by atoms with Crippen molar-refractivity contribution in [1.29, 1.82) is 0 Å². The Balaban J connectivity index is 3.04. The lowest BCUT2D eigenvalue weighted by atomic mass is 10.1. The maximum Gasteiger partial charge on any atom is 0.328 e. The van der Waals surface area contributed by atoms with Crippen LogP contribution in [0.4, 0.5) is 0 Å². The summed E-state index contributed by atoms with van der Waals surface area (Å²) in [5, 5.41) is 0.0490. The van der Waals surface area contributed by atoms with Gasteiger partial charge in [-0.2, -0.15) is 0 Å². The van der Waals surface area contributed by atoms with Crippen LogP contribution in [0.2, 0.25) is 5.02 Å². The van der Waals surface area contributed by atoms with Crippen molar-refractivity contribution in [2.45, 2.75) is 26.8 Å². The molecule has 14 heavy (non-hydrogen) atoms. The number of nitrogens with one attached hydrogen (secondary N) is 1. The van der Waals surface area contributed by atoms with Crippen LogP contribution >= 0.6 is 11.6 Å². The van der Waals surface area contributed by atoms with E-state index in [9.17, 15) is 9.59 Å². The van der Waals surface area contributed by atoms with Crippen molar-refractivity contribution < 1.29 is 0 Å². The molecule has 0 radical (unpaired) electrons. The molecule has 0 aliphatic carbocycles. The van der Waals surface area contributed by atoms with E-state index in [1.807, 2.05) is 13.8 Å². The largest absolute Gasteiger partial charge is 0.328 e. The molecule has 1 N–H and O–H groups in total. The lowest BCUT2D eigenvalue weighted by Gasteiger charge is -2.10. The van der Waals surface area contributed by atoms with Gasteiger partial charge in [-0.15, -0.1) is 0 Å². The standard InChI is InChI=1S/C9H13ClN2O2/c1-3-6(2)4-12-5-7(10)8(13)11-9(12)14/h5-6H,3-4H2,1-2H3,(H,11,13,14). The predicted octanol–water partition coefficient (Wildman–Crippen LogP) is 1.24. The summed E-state index contributed by atoms with van der Waals surface area (Å²) in [7, 11) is 0. The van der Waals surface area contributed by atoms with Gasteiger partial charge in [0.05, 0.1) is 0 Å². The van der Waals surface area contributed by atoms with Gasteiger partial charge in [0.1, 0.15) is 5.02 Å². The third kappa shape index (κ3) is 2.48. The van der Waals surface area contributed by atoms with Gasteiger partial charge >= 0.3 is 5.69 Å². The molecule has 0 aliphatic rings. The Hall–Kier alpha value is -1.03. The van der Waals surface area contributed by atoms with E-state index in [2.05, 4.69) is 4.98 Å². The molecule has 1 rings (SSSR count). The van der Waals surface area contributed by atoms with E-state index in [-0.39, 0.29) is 5.02 Å². The molecular weight excluding hydrogens is 204 g/mol. The Labute approximate surface area is 86.5 Å². The molecule has 1 aromatic heterocycles. The van der Waals surface area contributed by atoms with Gasteiger partial charge in [-0.3, -0.25) is 14.3 Å². The topological polar surface area (TPSA) is 54.9 Å². The van der Waals surface area contributed by atoms with Crippen LogP contribution in [-0.4, -0.2) is 9.55 Å². The van der Waals surface area contributed by atoms with Crippen LogP contribution in [-0.2, 0) is 6.54 Å². The second-order valence-corrected chi connectivity index (χ2v) is 3.81. The van der Waals surface area contributed by atoms with Crippen LogP contribution in [0.15, 0.2) is 15.8 Å². The molecule has 1 atom stereocenters. The number of nitrogens with zero attached hydrogens (tertiary/aromatic N) is 1. The molecule has 0 saturated carbocycles. The van der Waals surface area contributed by atoms with E-state index in [0.29, 0.717) is 12.5 Å². The number of hydrogen-bond acceptors (Lipinski definition) is 2. The monoisotopic (exact) mass is 216 g/mol. The molecular formula is C9H13ClN2O2. The molecule has 1 heterocycles. The van der Waals surface area contributed by atoms with Gasteiger partial charge in [-0.05, 0) is 5.92 Å². The maximum atomic E-state index is 11.3. The fourth-order valence-corrected chi connectivity index (χ4v) is 1.25. The molecule has 5 heteroatoms. The van der Waals surface area contributed by atoms with E-state index in [1.54, 1.807) is 0 Å². The Morgan fingerprint density at radius 1 is 1.57 bits per heavy atom. The average Bonchev–Trinajstić information content (AvgIpc) is 2.14. The zero-order chi connectivity index (χ0) is 10.7. The molecule has 0 fully saturated rings. The highest BCUT2D eigenvalue weighted by atomic mass is 35.5. The number of hydrogen-bond donors (Lipinski definition) is 1. The first kappa shape index (κ1) is 11.0. The second kappa shape index (κ2) is 4.46. The Kier molecular flexibility index (Phi) is 3.52. The minimum atomic E-state index is -0.530. The molecule has 78 valence electrons. The molecule has 0 aliphatic heterocycles. The molecule has 0 saturated heterocycles. The maximum absolute atomic E-state index is 11.3. The van der Waals surface area contributed by atoms with Crippen molar-refractivity contribution in [2.24, 2.45) is 5.92 Å². The molecule has 0 spiro atoms. The molecule has 1 unspecified atom stereocenters. The van der Waals surface area contributed by atoms with Gasteiger partial charge in [-0.1, -0.05) is 31.9 Å². The van der Waals surface area contributed by atoms with Crippen molar-refractivity contribution in [3.63, 3.8) is 0 Å². The normalized spacial score (nSPS) is 12.8. The predicted molar refractivity (Wildman–Crippen MR) is 55.8 cm³/mol. The number of halogens is 1. The van der Waals surface area contributed by atoms with Crippen molar-refractivity contribution in [2.75, 3.05) is 0 Å².